The zero-order chi connectivity index (χ0) is 21.6. The Morgan fingerprint density at radius 1 is 1.41 bits per heavy atom. The van der Waals surface area contributed by atoms with E-state index < -0.39 is 18.1 Å². The number of rotatable bonds is 7. The van der Waals surface area contributed by atoms with E-state index in [1.165, 1.54) is 35.3 Å². The van der Waals surface area contributed by atoms with E-state index in [0.29, 0.717) is 5.69 Å². The summed E-state index contributed by atoms with van der Waals surface area (Å²) in [5.74, 6) is -0.735. The van der Waals surface area contributed by atoms with Gasteiger partial charge in [-0.1, -0.05) is 12.6 Å². The highest BCUT2D eigenvalue weighted by Gasteiger charge is 2.23. The number of amides is 1. The summed E-state index contributed by atoms with van der Waals surface area (Å²) in [6.45, 7) is 3.99. The first-order valence-electron chi connectivity index (χ1n) is 8.21. The first-order valence-corrected chi connectivity index (χ1v) is 8.21. The summed E-state index contributed by atoms with van der Waals surface area (Å²) >= 11 is 0. The molecule has 0 spiro atoms. The number of nitrogens with one attached hydrogen (secondary N) is 1. The van der Waals surface area contributed by atoms with E-state index in [9.17, 15) is 13.6 Å². The second-order valence-electron chi connectivity index (χ2n) is 6.12. The Labute approximate surface area is 165 Å². The number of nitrogens with two attached hydrogens (primary N) is 2. The molecule has 0 saturated carbocycles. The maximum Gasteiger partial charge on any atom is 0.388 e. The van der Waals surface area contributed by atoms with Gasteiger partial charge in [0.05, 0.1) is 17.5 Å². The van der Waals surface area contributed by atoms with Gasteiger partial charge in [0.25, 0.3) is 5.91 Å². The number of pyridine rings is 1. The van der Waals surface area contributed by atoms with Gasteiger partial charge in [-0.25, -0.2) is 20.1 Å². The van der Waals surface area contributed by atoms with Crippen LogP contribution in [0.3, 0.4) is 0 Å². The Balaban J connectivity index is 2.19. The molecular weight excluding hydrogens is 386 g/mol. The number of nitrogens with zero attached hydrogens (tertiary/aromatic N) is 5. The molecule has 0 radical (unpaired) electrons. The van der Waals surface area contributed by atoms with Crippen LogP contribution in [0.1, 0.15) is 29.9 Å². The molecule has 1 amide bonds. The van der Waals surface area contributed by atoms with Gasteiger partial charge in [0, 0.05) is 12.3 Å². The molecule has 5 N–H and O–H groups in total. The van der Waals surface area contributed by atoms with E-state index in [4.69, 9.17) is 11.5 Å². The predicted octanol–water partition coefficient (Wildman–Crippen LogP) is 1.17. The van der Waals surface area contributed by atoms with Crippen molar-refractivity contribution in [1.29, 1.82) is 0 Å². The number of allylic oxidation sites excluding steroid dienone is 1. The number of halogens is 2. The lowest BCUT2D eigenvalue weighted by molar-refractivity contribution is -0.0530. The minimum Gasteiger partial charge on any atom is -0.417 e. The van der Waals surface area contributed by atoms with E-state index in [1.807, 2.05) is 0 Å². The molecule has 0 unspecified atom stereocenters. The van der Waals surface area contributed by atoms with Crippen molar-refractivity contribution in [2.45, 2.75) is 26.0 Å². The number of aliphatic imine (C=N–C) groups is 1. The van der Waals surface area contributed by atoms with Crippen LogP contribution in [0.2, 0.25) is 0 Å². The van der Waals surface area contributed by atoms with Crippen LogP contribution < -0.4 is 21.6 Å². The molecule has 2 rings (SSSR count). The van der Waals surface area contributed by atoms with E-state index in [2.05, 4.69) is 36.9 Å². The van der Waals surface area contributed by atoms with Gasteiger partial charge in [-0.15, -0.1) is 0 Å². The molecule has 0 saturated heterocycles. The SMILES string of the molecule is C=C/C(=N\NC(N)=NC(C)(C)c1cccc(OC(F)F)n1)n1cc(C(N)=O)cn1. The highest BCUT2D eigenvalue weighted by Crippen LogP contribution is 2.25. The van der Waals surface area contributed by atoms with Crippen molar-refractivity contribution in [3.05, 3.63) is 54.5 Å². The van der Waals surface area contributed by atoms with E-state index in [-0.39, 0.29) is 23.2 Å². The average molecular weight is 406 g/mol. The molecule has 0 fully saturated rings. The highest BCUT2D eigenvalue weighted by atomic mass is 19.3. The van der Waals surface area contributed by atoms with Crippen LogP contribution in [-0.4, -0.2) is 39.1 Å². The molecular formula is C17H20F2N8O2. The van der Waals surface area contributed by atoms with Gasteiger partial charge in [-0.3, -0.25) is 4.79 Å². The molecule has 0 bridgehead atoms. The smallest absolute Gasteiger partial charge is 0.388 e. The molecule has 0 aliphatic rings. The Kier molecular flexibility index (Phi) is 6.59. The van der Waals surface area contributed by atoms with E-state index in [0.717, 1.165) is 0 Å². The van der Waals surface area contributed by atoms with E-state index in [1.54, 1.807) is 19.9 Å². The van der Waals surface area contributed by atoms with Crippen molar-refractivity contribution in [3.63, 3.8) is 0 Å². The van der Waals surface area contributed by atoms with Crippen molar-refractivity contribution >= 4 is 17.7 Å². The zero-order valence-corrected chi connectivity index (χ0v) is 15.7. The van der Waals surface area contributed by atoms with Crippen LogP contribution in [0.5, 0.6) is 5.88 Å². The third-order valence-electron chi connectivity index (χ3n) is 3.53. The van der Waals surface area contributed by atoms with Crippen molar-refractivity contribution in [2.75, 3.05) is 0 Å². The van der Waals surface area contributed by atoms with Crippen molar-refractivity contribution in [3.8, 4) is 5.88 Å². The van der Waals surface area contributed by atoms with Gasteiger partial charge in [0.2, 0.25) is 11.8 Å². The Morgan fingerprint density at radius 2 is 2.14 bits per heavy atom. The molecule has 12 heteroatoms. The summed E-state index contributed by atoms with van der Waals surface area (Å²) in [6, 6.07) is 4.42. The maximum atomic E-state index is 12.4. The Hall–Kier alpha value is -3.83. The Bertz CT molecular complexity index is 952. The first kappa shape index (κ1) is 21.5. The number of guanidine groups is 1. The van der Waals surface area contributed by atoms with Crippen LogP contribution >= 0.6 is 0 Å². The van der Waals surface area contributed by atoms with Crippen molar-refractivity contribution in [2.24, 2.45) is 21.6 Å². The zero-order valence-electron chi connectivity index (χ0n) is 15.7. The highest BCUT2D eigenvalue weighted by molar-refractivity contribution is 5.97. The fourth-order valence-electron chi connectivity index (χ4n) is 2.18. The second-order valence-corrected chi connectivity index (χ2v) is 6.12. The summed E-state index contributed by atoms with van der Waals surface area (Å²) in [4.78, 5) is 19.4. The lowest BCUT2D eigenvalue weighted by Crippen LogP contribution is -2.33. The molecule has 2 aromatic rings. The largest absolute Gasteiger partial charge is 0.417 e. The number of hydrogen-bond donors (Lipinski definition) is 3. The first-order chi connectivity index (χ1) is 13.6. The summed E-state index contributed by atoms with van der Waals surface area (Å²) in [7, 11) is 0. The number of hydrogen-bond acceptors (Lipinski definition) is 6. The summed E-state index contributed by atoms with van der Waals surface area (Å²) in [5.41, 5.74) is 13.1. The van der Waals surface area contributed by atoms with Crippen LogP contribution in [0.15, 0.2) is 53.3 Å². The van der Waals surface area contributed by atoms with E-state index >= 15 is 0 Å². The average Bonchev–Trinajstić information content (AvgIpc) is 3.12. The van der Waals surface area contributed by atoms with Crippen molar-refractivity contribution < 1.29 is 18.3 Å². The number of hydrazone groups is 1. The third-order valence-corrected chi connectivity index (χ3v) is 3.53. The topological polar surface area (TPSA) is 146 Å². The monoisotopic (exact) mass is 406 g/mol. The number of carbonyl (C=O) groups is 1. The fourth-order valence-corrected chi connectivity index (χ4v) is 2.18. The molecule has 10 nitrogen and oxygen atoms in total. The molecule has 2 heterocycles. The van der Waals surface area contributed by atoms with Gasteiger partial charge in [0.1, 0.15) is 5.54 Å². The molecule has 154 valence electrons. The number of alkyl halides is 2. The third kappa shape index (κ3) is 5.82. The summed E-state index contributed by atoms with van der Waals surface area (Å²) < 4.78 is 30.3. The van der Waals surface area contributed by atoms with Crippen LogP contribution in [0.25, 0.3) is 0 Å². The Morgan fingerprint density at radius 3 is 2.72 bits per heavy atom. The molecule has 29 heavy (non-hydrogen) atoms. The molecule has 2 aromatic heterocycles. The lowest BCUT2D eigenvalue weighted by Gasteiger charge is -2.20. The number of carbonyl (C=O) groups excluding carboxylic acids is 1. The number of primary amides is 1. The fraction of sp³-hybridized carbons (Fsp3) is 0.235. The minimum atomic E-state index is -2.99. The van der Waals surface area contributed by atoms with Crippen LogP contribution in [0.4, 0.5) is 8.78 Å². The predicted molar refractivity (Wildman–Crippen MR) is 102 cm³/mol. The van der Waals surface area contributed by atoms with Gasteiger partial charge >= 0.3 is 6.61 Å². The van der Waals surface area contributed by atoms with Crippen LogP contribution in [0, 0.1) is 0 Å². The molecule has 0 aliphatic carbocycles. The maximum absolute atomic E-state index is 12.4. The van der Waals surface area contributed by atoms with Gasteiger partial charge in [-0.05, 0) is 26.0 Å². The minimum absolute atomic E-state index is 0.0846. The normalized spacial score (nSPS) is 12.7. The van der Waals surface area contributed by atoms with Crippen LogP contribution in [-0.2, 0) is 5.54 Å². The van der Waals surface area contributed by atoms with Crippen molar-refractivity contribution in [1.82, 2.24) is 20.2 Å². The van der Waals surface area contributed by atoms with Gasteiger partial charge in [0.15, 0.2) is 5.84 Å². The second kappa shape index (κ2) is 8.91. The number of ether oxygens (including phenoxy) is 1. The summed E-state index contributed by atoms with van der Waals surface area (Å²) in [6.07, 6.45) is 4.03. The van der Waals surface area contributed by atoms with Gasteiger partial charge in [-0.2, -0.15) is 19.0 Å². The standard InChI is InChI=1S/C17H20F2N8O2/c1-4-12(27-9-10(8-22-27)14(20)28)25-26-16(21)24-17(2,3)11-6-5-7-13(23-11)29-15(18)19/h4-9,15H,1H2,2-3H3,(H2,20,28)(H3,21,24,26)/b25-12+. The quantitative estimate of drug-likeness (QED) is 0.357. The molecule has 0 aliphatic heterocycles. The lowest BCUT2D eigenvalue weighted by atomic mass is 10.0. The van der Waals surface area contributed by atoms with Gasteiger partial charge < -0.3 is 16.2 Å². The number of aromatic nitrogens is 3. The summed E-state index contributed by atoms with van der Waals surface area (Å²) in [5, 5.41) is 7.97. The molecule has 0 aromatic carbocycles. The molecule has 0 atom stereocenters.